The van der Waals surface area contributed by atoms with Crippen molar-refractivity contribution in [2.75, 3.05) is 18.5 Å². The molecule has 1 aromatic carbocycles. The van der Waals surface area contributed by atoms with Gasteiger partial charge in [0.25, 0.3) is 0 Å². The lowest BCUT2D eigenvalue weighted by Gasteiger charge is -2.22. The van der Waals surface area contributed by atoms with Gasteiger partial charge in [0, 0.05) is 19.5 Å². The first-order valence-corrected chi connectivity index (χ1v) is 5.50. The summed E-state index contributed by atoms with van der Waals surface area (Å²) in [7, 11) is 0. The quantitative estimate of drug-likeness (QED) is 0.571. The molecular weight excluding hydrogens is 236 g/mol. The second-order valence-corrected chi connectivity index (χ2v) is 4.35. The van der Waals surface area contributed by atoms with E-state index in [-0.39, 0.29) is 30.6 Å². The van der Waals surface area contributed by atoms with E-state index in [2.05, 4.69) is 5.32 Å². The second-order valence-electron chi connectivity index (χ2n) is 4.35. The van der Waals surface area contributed by atoms with E-state index in [1.807, 2.05) is 0 Å². The molecule has 1 atom stereocenters. The number of phenols is 1. The van der Waals surface area contributed by atoms with Crippen molar-refractivity contribution in [2.24, 2.45) is 5.73 Å². The lowest BCUT2D eigenvalue weighted by atomic mass is 10.1. The molecule has 0 saturated carbocycles. The van der Waals surface area contributed by atoms with Gasteiger partial charge in [-0.05, 0) is 19.1 Å². The van der Waals surface area contributed by atoms with Crippen molar-refractivity contribution in [3.05, 3.63) is 18.2 Å². The molecule has 6 nitrogen and oxygen atoms in total. The molecule has 1 rings (SSSR count). The molecule has 18 heavy (non-hydrogen) atoms. The average Bonchev–Trinajstić information content (AvgIpc) is 2.29. The first-order chi connectivity index (χ1) is 8.34. The minimum Gasteiger partial charge on any atom is -0.508 e. The lowest BCUT2D eigenvalue weighted by molar-refractivity contribution is -0.114. The van der Waals surface area contributed by atoms with Gasteiger partial charge < -0.3 is 26.0 Å². The van der Waals surface area contributed by atoms with Crippen LogP contribution in [0.25, 0.3) is 0 Å². The average molecular weight is 254 g/mol. The van der Waals surface area contributed by atoms with Crippen molar-refractivity contribution in [1.29, 1.82) is 0 Å². The number of ether oxygens (including phenoxy) is 1. The number of benzene rings is 1. The van der Waals surface area contributed by atoms with Crippen LogP contribution in [0, 0.1) is 0 Å². The summed E-state index contributed by atoms with van der Waals surface area (Å²) < 4.78 is 5.37. The van der Waals surface area contributed by atoms with Gasteiger partial charge in [-0.15, -0.1) is 0 Å². The summed E-state index contributed by atoms with van der Waals surface area (Å²) in [6, 6.07) is 4.31. The number of amides is 1. The molecule has 0 aliphatic heterocycles. The van der Waals surface area contributed by atoms with Crippen LogP contribution in [0.5, 0.6) is 11.5 Å². The Kier molecular flexibility index (Phi) is 4.52. The summed E-state index contributed by atoms with van der Waals surface area (Å²) in [6.07, 6.45) is 0. The van der Waals surface area contributed by atoms with Crippen LogP contribution in [0.3, 0.4) is 0 Å². The number of aliphatic hydroxyl groups is 1. The van der Waals surface area contributed by atoms with Crippen LogP contribution < -0.4 is 15.8 Å². The van der Waals surface area contributed by atoms with Crippen molar-refractivity contribution >= 4 is 11.6 Å². The van der Waals surface area contributed by atoms with Gasteiger partial charge in [-0.1, -0.05) is 0 Å². The summed E-state index contributed by atoms with van der Waals surface area (Å²) in [4.78, 5) is 11.0. The molecule has 0 aromatic heterocycles. The largest absolute Gasteiger partial charge is 0.508 e. The number of aromatic hydroxyl groups is 1. The van der Waals surface area contributed by atoms with Crippen LogP contribution in [0.15, 0.2) is 18.2 Å². The molecule has 0 heterocycles. The Balaban J connectivity index is 2.85. The van der Waals surface area contributed by atoms with Gasteiger partial charge in [0.2, 0.25) is 5.91 Å². The number of phenolic OH excluding ortho intramolecular Hbond substituents is 1. The normalized spacial score (nSPS) is 13.8. The fourth-order valence-electron chi connectivity index (χ4n) is 1.22. The van der Waals surface area contributed by atoms with Crippen LogP contribution >= 0.6 is 0 Å². The molecule has 100 valence electrons. The van der Waals surface area contributed by atoms with Gasteiger partial charge in [0.15, 0.2) is 0 Å². The number of nitrogens with one attached hydrogen (secondary N) is 1. The number of anilines is 1. The van der Waals surface area contributed by atoms with Crippen LogP contribution in [-0.4, -0.2) is 34.9 Å². The van der Waals surface area contributed by atoms with E-state index in [0.29, 0.717) is 5.69 Å². The zero-order valence-corrected chi connectivity index (χ0v) is 10.4. The summed E-state index contributed by atoms with van der Waals surface area (Å²) in [5.41, 5.74) is 4.63. The number of carbonyl (C=O) groups excluding carboxylic acids is 1. The Hall–Kier alpha value is -1.79. The monoisotopic (exact) mass is 254 g/mol. The van der Waals surface area contributed by atoms with Crippen molar-refractivity contribution in [2.45, 2.75) is 19.4 Å². The highest BCUT2D eigenvalue weighted by Crippen LogP contribution is 2.29. The Bertz CT molecular complexity index is 432. The number of rotatable bonds is 5. The molecular formula is C12H18N2O4. The molecule has 0 aliphatic carbocycles. The number of hydrogen-bond donors (Lipinski definition) is 4. The van der Waals surface area contributed by atoms with Gasteiger partial charge in [0.1, 0.15) is 23.7 Å². The molecule has 0 aliphatic rings. The van der Waals surface area contributed by atoms with E-state index in [9.17, 15) is 15.0 Å². The molecule has 1 amide bonds. The highest BCUT2D eigenvalue weighted by molar-refractivity contribution is 5.90. The van der Waals surface area contributed by atoms with Crippen molar-refractivity contribution < 1.29 is 19.7 Å². The number of nitrogens with two attached hydrogens (primary N) is 1. The molecule has 5 N–H and O–H groups in total. The van der Waals surface area contributed by atoms with E-state index in [4.69, 9.17) is 10.5 Å². The summed E-state index contributed by atoms with van der Waals surface area (Å²) in [5, 5.41) is 21.7. The van der Waals surface area contributed by atoms with E-state index in [1.165, 1.54) is 32.0 Å². The Morgan fingerprint density at radius 1 is 1.56 bits per heavy atom. The second kappa shape index (κ2) is 5.70. The molecule has 0 fully saturated rings. The first-order valence-electron chi connectivity index (χ1n) is 5.50. The maximum Gasteiger partial charge on any atom is 0.221 e. The van der Waals surface area contributed by atoms with Crippen LogP contribution in [0.2, 0.25) is 0 Å². The number of carbonyl (C=O) groups is 1. The first kappa shape index (κ1) is 14.3. The van der Waals surface area contributed by atoms with E-state index >= 15 is 0 Å². The molecule has 0 bridgehead atoms. The highest BCUT2D eigenvalue weighted by atomic mass is 16.5. The summed E-state index contributed by atoms with van der Waals surface area (Å²) in [6.45, 7) is 2.90. The Morgan fingerprint density at radius 3 is 2.78 bits per heavy atom. The van der Waals surface area contributed by atoms with Gasteiger partial charge in [0.05, 0.1) is 5.69 Å². The third kappa shape index (κ3) is 4.23. The summed E-state index contributed by atoms with van der Waals surface area (Å²) in [5.74, 6) is 0.0292. The molecule has 0 spiro atoms. The van der Waals surface area contributed by atoms with E-state index < -0.39 is 5.60 Å². The topological polar surface area (TPSA) is 105 Å². The Morgan fingerprint density at radius 2 is 2.22 bits per heavy atom. The fraction of sp³-hybridized carbons (Fsp3) is 0.417. The van der Waals surface area contributed by atoms with Crippen molar-refractivity contribution in [3.63, 3.8) is 0 Å². The SMILES string of the molecule is CC(=O)Nc1ccc(O)cc1OC[C@@](C)(O)CN. The smallest absolute Gasteiger partial charge is 0.221 e. The minimum absolute atomic E-state index is 0.00601. The van der Waals surface area contributed by atoms with Gasteiger partial charge >= 0.3 is 0 Å². The summed E-state index contributed by atoms with van der Waals surface area (Å²) >= 11 is 0. The molecule has 0 saturated heterocycles. The predicted molar refractivity (Wildman–Crippen MR) is 67.6 cm³/mol. The van der Waals surface area contributed by atoms with Crippen molar-refractivity contribution in [3.8, 4) is 11.5 Å². The van der Waals surface area contributed by atoms with Crippen LogP contribution in [0.4, 0.5) is 5.69 Å². The van der Waals surface area contributed by atoms with Gasteiger partial charge in [-0.3, -0.25) is 4.79 Å². The molecule has 6 heteroatoms. The lowest BCUT2D eigenvalue weighted by Crippen LogP contribution is -2.40. The standard InChI is InChI=1S/C12H18N2O4/c1-8(15)14-10-4-3-9(16)5-11(10)18-7-12(2,17)6-13/h3-5,16-17H,6-7,13H2,1-2H3,(H,14,15)/t12-/m0/s1. The third-order valence-electron chi connectivity index (χ3n) is 2.25. The molecule has 0 unspecified atom stereocenters. The van der Waals surface area contributed by atoms with Crippen LogP contribution in [0.1, 0.15) is 13.8 Å². The van der Waals surface area contributed by atoms with Crippen LogP contribution in [-0.2, 0) is 4.79 Å². The number of hydrogen-bond acceptors (Lipinski definition) is 5. The fourth-order valence-corrected chi connectivity index (χ4v) is 1.22. The minimum atomic E-state index is -1.17. The maximum absolute atomic E-state index is 11.0. The van der Waals surface area contributed by atoms with Gasteiger partial charge in [-0.2, -0.15) is 0 Å². The van der Waals surface area contributed by atoms with Gasteiger partial charge in [-0.25, -0.2) is 0 Å². The predicted octanol–water partition coefficient (Wildman–Crippen LogP) is 0.439. The van der Waals surface area contributed by atoms with E-state index in [1.54, 1.807) is 0 Å². The van der Waals surface area contributed by atoms with Crippen molar-refractivity contribution in [1.82, 2.24) is 0 Å². The zero-order valence-electron chi connectivity index (χ0n) is 10.4. The zero-order chi connectivity index (χ0) is 13.8. The highest BCUT2D eigenvalue weighted by Gasteiger charge is 2.20. The molecule has 1 aromatic rings. The Labute approximate surface area is 105 Å². The maximum atomic E-state index is 11.0. The molecule has 0 radical (unpaired) electrons. The van der Waals surface area contributed by atoms with E-state index in [0.717, 1.165) is 0 Å². The third-order valence-corrected chi connectivity index (χ3v) is 2.25.